The quantitative estimate of drug-likeness (QED) is 0.822. The molecule has 1 aromatic rings. The van der Waals surface area contributed by atoms with Crippen molar-refractivity contribution in [1.82, 2.24) is 15.1 Å². The summed E-state index contributed by atoms with van der Waals surface area (Å²) in [7, 11) is 0. The number of nitrogens with zero attached hydrogens (tertiary/aromatic N) is 2. The monoisotopic (exact) mass is 373 g/mol. The number of hydrogen-bond acceptors (Lipinski definition) is 2. The Morgan fingerprint density at radius 2 is 1.81 bits per heavy atom. The van der Waals surface area contributed by atoms with Crippen LogP contribution in [-0.2, 0) is 4.79 Å². The van der Waals surface area contributed by atoms with E-state index in [0.717, 1.165) is 62.9 Å². The molecule has 0 bridgehead atoms. The van der Waals surface area contributed by atoms with Crippen LogP contribution in [-0.4, -0.2) is 47.0 Å². The molecule has 2 atom stereocenters. The summed E-state index contributed by atoms with van der Waals surface area (Å²) in [4.78, 5) is 17.2. The number of carbonyl (C=O) groups excluding carboxylic acids is 1. The molecule has 4 nitrogen and oxygen atoms in total. The molecule has 3 rings (SSSR count). The highest BCUT2D eigenvalue weighted by Gasteiger charge is 2.31. The summed E-state index contributed by atoms with van der Waals surface area (Å²) in [6.45, 7) is 7.94. The number of benzene rings is 1. The van der Waals surface area contributed by atoms with Gasteiger partial charge < -0.3 is 15.1 Å². The van der Waals surface area contributed by atoms with Crippen molar-refractivity contribution >= 4 is 23.2 Å². The Hall–Kier alpha value is -1.62. The molecule has 1 aromatic carbocycles. The lowest BCUT2D eigenvalue weighted by atomic mass is 9.93. The van der Waals surface area contributed by atoms with E-state index in [1.807, 2.05) is 18.2 Å². The van der Waals surface area contributed by atoms with Gasteiger partial charge in [0.1, 0.15) is 0 Å². The molecule has 2 heterocycles. The zero-order valence-corrected chi connectivity index (χ0v) is 16.8. The van der Waals surface area contributed by atoms with Gasteiger partial charge in [0, 0.05) is 26.2 Å². The van der Waals surface area contributed by atoms with Crippen molar-refractivity contribution in [1.29, 1.82) is 0 Å². The molecule has 142 valence electrons. The molecule has 0 saturated carbocycles. The van der Waals surface area contributed by atoms with Crippen molar-refractivity contribution in [3.63, 3.8) is 0 Å². The van der Waals surface area contributed by atoms with Crippen LogP contribution in [0.5, 0.6) is 0 Å². The molecule has 2 aliphatic heterocycles. The molecule has 2 saturated heterocycles. The molecule has 5 heteroatoms. The Bertz CT molecular complexity index is 613. The van der Waals surface area contributed by atoms with E-state index in [0.29, 0.717) is 5.91 Å². The minimum absolute atomic E-state index is 0.0870. The fraction of sp³-hybridized carbons (Fsp3) is 0.619. The predicted octanol–water partition coefficient (Wildman–Crippen LogP) is 3.59. The SMILES string of the molecule is CC1CCN(C(=O)[C@H]2CCCN(C(=S)N[C@@H](C)c3ccccc3)C2)CC1. The lowest BCUT2D eigenvalue weighted by molar-refractivity contribution is -0.138. The third-order valence-corrected chi connectivity index (χ3v) is 6.17. The summed E-state index contributed by atoms with van der Waals surface area (Å²) in [5, 5.41) is 4.21. The van der Waals surface area contributed by atoms with Gasteiger partial charge in [-0.25, -0.2) is 0 Å². The van der Waals surface area contributed by atoms with E-state index >= 15 is 0 Å². The van der Waals surface area contributed by atoms with Crippen LogP contribution in [0.3, 0.4) is 0 Å². The third kappa shape index (κ3) is 4.76. The highest BCUT2D eigenvalue weighted by Crippen LogP contribution is 2.23. The number of hydrogen-bond donors (Lipinski definition) is 1. The minimum atomic E-state index is 0.0870. The zero-order valence-electron chi connectivity index (χ0n) is 16.0. The molecule has 0 aliphatic carbocycles. The summed E-state index contributed by atoms with van der Waals surface area (Å²) in [6, 6.07) is 10.5. The van der Waals surface area contributed by atoms with E-state index in [2.05, 4.69) is 41.1 Å². The number of nitrogens with one attached hydrogen (secondary N) is 1. The topological polar surface area (TPSA) is 35.6 Å². The molecule has 0 spiro atoms. The Labute approximate surface area is 162 Å². The summed E-state index contributed by atoms with van der Waals surface area (Å²) >= 11 is 5.65. The van der Waals surface area contributed by atoms with Crippen molar-refractivity contribution in [2.45, 2.75) is 45.6 Å². The molecule has 1 amide bonds. The van der Waals surface area contributed by atoms with Gasteiger partial charge in [-0.2, -0.15) is 0 Å². The van der Waals surface area contributed by atoms with Gasteiger partial charge in [0.25, 0.3) is 0 Å². The fourth-order valence-corrected chi connectivity index (χ4v) is 4.29. The van der Waals surface area contributed by atoms with Crippen molar-refractivity contribution in [2.75, 3.05) is 26.2 Å². The Morgan fingerprint density at radius 1 is 1.12 bits per heavy atom. The number of rotatable bonds is 3. The maximum absolute atomic E-state index is 12.9. The summed E-state index contributed by atoms with van der Waals surface area (Å²) in [6.07, 6.45) is 4.29. The lowest BCUT2D eigenvalue weighted by Crippen LogP contribution is -2.50. The van der Waals surface area contributed by atoms with Crippen molar-refractivity contribution in [3.05, 3.63) is 35.9 Å². The minimum Gasteiger partial charge on any atom is -0.356 e. The molecule has 0 unspecified atom stereocenters. The molecule has 2 aliphatic rings. The van der Waals surface area contributed by atoms with Crippen molar-refractivity contribution < 1.29 is 4.79 Å². The number of carbonyl (C=O) groups is 1. The third-order valence-electron chi connectivity index (χ3n) is 5.79. The standard InChI is InChI=1S/C21H31N3OS/c1-16-10-13-23(14-11-16)20(25)19-9-6-12-24(15-19)21(26)22-17(2)18-7-4-3-5-8-18/h3-5,7-8,16-17,19H,6,9-15H2,1-2H3,(H,22,26)/t17-,19-/m0/s1. The molecule has 0 radical (unpaired) electrons. The lowest BCUT2D eigenvalue weighted by Gasteiger charge is -2.38. The molecule has 2 fully saturated rings. The van der Waals surface area contributed by atoms with Gasteiger partial charge in [0.05, 0.1) is 12.0 Å². The average Bonchev–Trinajstić information content (AvgIpc) is 2.68. The Morgan fingerprint density at radius 3 is 2.50 bits per heavy atom. The summed E-state index contributed by atoms with van der Waals surface area (Å²) in [5.74, 6) is 1.17. The van der Waals surface area contributed by atoms with Crippen LogP contribution in [0.4, 0.5) is 0 Å². The van der Waals surface area contributed by atoms with Crippen LogP contribution >= 0.6 is 12.2 Å². The second kappa shape index (κ2) is 8.85. The van der Waals surface area contributed by atoms with E-state index in [9.17, 15) is 4.79 Å². The van der Waals surface area contributed by atoms with Crippen LogP contribution in [0, 0.1) is 11.8 Å². The highest BCUT2D eigenvalue weighted by atomic mass is 32.1. The van der Waals surface area contributed by atoms with Gasteiger partial charge in [0.15, 0.2) is 5.11 Å². The fourth-order valence-electron chi connectivity index (χ4n) is 3.95. The maximum atomic E-state index is 12.9. The first-order valence-corrected chi connectivity index (χ1v) is 10.3. The predicted molar refractivity (Wildman–Crippen MR) is 110 cm³/mol. The van der Waals surface area contributed by atoms with Gasteiger partial charge >= 0.3 is 0 Å². The summed E-state index contributed by atoms with van der Waals surface area (Å²) in [5.41, 5.74) is 1.22. The van der Waals surface area contributed by atoms with Gasteiger partial charge in [-0.1, -0.05) is 37.3 Å². The van der Waals surface area contributed by atoms with Gasteiger partial charge in [-0.05, 0) is 56.3 Å². The van der Waals surface area contributed by atoms with Crippen LogP contribution in [0.25, 0.3) is 0 Å². The number of thiocarbonyl (C=S) groups is 1. The van der Waals surface area contributed by atoms with Crippen molar-refractivity contribution in [3.8, 4) is 0 Å². The first-order valence-electron chi connectivity index (χ1n) is 9.93. The van der Waals surface area contributed by atoms with Gasteiger partial charge in [0.2, 0.25) is 5.91 Å². The van der Waals surface area contributed by atoms with E-state index in [-0.39, 0.29) is 12.0 Å². The van der Waals surface area contributed by atoms with Crippen LogP contribution in [0.1, 0.15) is 51.1 Å². The van der Waals surface area contributed by atoms with Gasteiger partial charge in [-0.15, -0.1) is 0 Å². The zero-order chi connectivity index (χ0) is 18.5. The highest BCUT2D eigenvalue weighted by molar-refractivity contribution is 7.80. The molecule has 26 heavy (non-hydrogen) atoms. The van der Waals surface area contributed by atoms with E-state index in [1.165, 1.54) is 5.56 Å². The normalized spacial score (nSPS) is 22.8. The average molecular weight is 374 g/mol. The second-order valence-corrected chi connectivity index (χ2v) is 8.26. The smallest absolute Gasteiger partial charge is 0.227 e. The molecule has 0 aromatic heterocycles. The van der Waals surface area contributed by atoms with Crippen LogP contribution < -0.4 is 5.32 Å². The first kappa shape index (κ1) is 19.2. The molecule has 1 N–H and O–H groups in total. The van der Waals surface area contributed by atoms with Crippen LogP contribution in [0.15, 0.2) is 30.3 Å². The number of likely N-dealkylation sites (tertiary alicyclic amines) is 2. The van der Waals surface area contributed by atoms with E-state index in [1.54, 1.807) is 0 Å². The Kier molecular flexibility index (Phi) is 6.52. The molecular weight excluding hydrogens is 342 g/mol. The number of amides is 1. The van der Waals surface area contributed by atoms with E-state index in [4.69, 9.17) is 12.2 Å². The largest absolute Gasteiger partial charge is 0.356 e. The maximum Gasteiger partial charge on any atom is 0.227 e. The first-order chi connectivity index (χ1) is 12.5. The Balaban J connectivity index is 1.54. The second-order valence-electron chi connectivity index (χ2n) is 7.87. The number of piperidine rings is 2. The van der Waals surface area contributed by atoms with E-state index < -0.39 is 0 Å². The molecular formula is C21H31N3OS. The van der Waals surface area contributed by atoms with Crippen LogP contribution in [0.2, 0.25) is 0 Å². The van der Waals surface area contributed by atoms with Crippen molar-refractivity contribution in [2.24, 2.45) is 11.8 Å². The summed E-state index contributed by atoms with van der Waals surface area (Å²) < 4.78 is 0. The van der Waals surface area contributed by atoms with Gasteiger partial charge in [-0.3, -0.25) is 4.79 Å².